The molecule has 2 aromatic rings. The standard InChI is InChI=1S/C28H32O4/c1-28-14-13-20-21(24(28)11-12-27(28)31)10-9-18-16-26(30)23(17-22(18)20)25(29)8-5-15-32-19-6-3-2-4-7-19/h2-8,16-17,20-21,24,27,30-31H,9-15H2,1H3/t20-,21+,24-,27+,28-/m0/s1. The normalized spacial score (nSPS) is 31.1. The molecule has 3 aliphatic carbocycles. The molecule has 168 valence electrons. The van der Waals surface area contributed by atoms with E-state index in [-0.39, 0.29) is 23.1 Å². The lowest BCUT2D eigenvalue weighted by Crippen LogP contribution is -2.43. The smallest absolute Gasteiger partial charge is 0.189 e. The van der Waals surface area contributed by atoms with Gasteiger partial charge in [0.1, 0.15) is 18.1 Å². The summed E-state index contributed by atoms with van der Waals surface area (Å²) in [6, 6.07) is 13.2. The summed E-state index contributed by atoms with van der Waals surface area (Å²) in [5.41, 5.74) is 2.83. The molecule has 0 aliphatic heterocycles. The van der Waals surface area contributed by atoms with Crippen LogP contribution in [0.3, 0.4) is 0 Å². The number of benzene rings is 2. The topological polar surface area (TPSA) is 66.8 Å². The number of aliphatic hydroxyl groups is 1. The number of hydrogen-bond acceptors (Lipinski definition) is 4. The summed E-state index contributed by atoms with van der Waals surface area (Å²) in [6.45, 7) is 2.57. The quantitative estimate of drug-likeness (QED) is 0.489. The zero-order valence-corrected chi connectivity index (χ0v) is 18.7. The zero-order valence-electron chi connectivity index (χ0n) is 18.7. The number of carbonyl (C=O) groups excluding carboxylic acids is 1. The second-order valence-electron chi connectivity index (χ2n) is 10.0. The fraction of sp³-hybridized carbons (Fsp3) is 0.464. The molecule has 5 rings (SSSR count). The SMILES string of the molecule is C[C@]12CC[C@@H]3c4cc(C(=O)C=CCOc5ccccc5)c(O)cc4CC[C@H]3[C@@H]1CC[C@H]2O. The molecule has 0 aromatic heterocycles. The Balaban J connectivity index is 1.34. The van der Waals surface area contributed by atoms with Crippen LogP contribution < -0.4 is 4.74 Å². The molecular weight excluding hydrogens is 400 g/mol. The number of hydrogen-bond donors (Lipinski definition) is 2. The number of para-hydroxylation sites is 1. The van der Waals surface area contributed by atoms with Gasteiger partial charge in [-0.2, -0.15) is 0 Å². The van der Waals surface area contributed by atoms with Crippen molar-refractivity contribution in [3.63, 3.8) is 0 Å². The van der Waals surface area contributed by atoms with Gasteiger partial charge >= 0.3 is 0 Å². The van der Waals surface area contributed by atoms with E-state index in [1.165, 1.54) is 17.2 Å². The van der Waals surface area contributed by atoms with Crippen molar-refractivity contribution in [2.75, 3.05) is 6.61 Å². The largest absolute Gasteiger partial charge is 0.507 e. The van der Waals surface area contributed by atoms with Crippen LogP contribution in [0.4, 0.5) is 0 Å². The van der Waals surface area contributed by atoms with E-state index in [4.69, 9.17) is 4.74 Å². The zero-order chi connectivity index (χ0) is 22.3. The van der Waals surface area contributed by atoms with Gasteiger partial charge in [-0.15, -0.1) is 0 Å². The van der Waals surface area contributed by atoms with Gasteiger partial charge in [0, 0.05) is 0 Å². The van der Waals surface area contributed by atoms with Gasteiger partial charge in [-0.25, -0.2) is 0 Å². The van der Waals surface area contributed by atoms with E-state index >= 15 is 0 Å². The van der Waals surface area contributed by atoms with Crippen molar-refractivity contribution in [1.29, 1.82) is 0 Å². The Morgan fingerprint density at radius 1 is 1.16 bits per heavy atom. The Labute approximate surface area is 189 Å². The number of ether oxygens (including phenoxy) is 1. The van der Waals surface area contributed by atoms with Crippen molar-refractivity contribution in [2.24, 2.45) is 17.3 Å². The van der Waals surface area contributed by atoms with Gasteiger partial charge in [0.2, 0.25) is 0 Å². The first-order chi connectivity index (χ1) is 15.5. The molecular formula is C28H32O4. The Morgan fingerprint density at radius 3 is 2.78 bits per heavy atom. The number of aryl methyl sites for hydroxylation is 1. The lowest BCUT2D eigenvalue weighted by atomic mass is 9.55. The minimum atomic E-state index is -0.193. The summed E-state index contributed by atoms with van der Waals surface area (Å²) in [5, 5.41) is 21.2. The molecule has 0 heterocycles. The number of phenolic OH excluding ortho intramolecular Hbond substituents is 1. The minimum Gasteiger partial charge on any atom is -0.507 e. The van der Waals surface area contributed by atoms with Crippen LogP contribution in [-0.4, -0.2) is 28.7 Å². The van der Waals surface area contributed by atoms with E-state index in [1.807, 2.05) is 42.5 Å². The number of ketones is 1. The molecule has 0 amide bonds. The minimum absolute atomic E-state index is 0.0374. The van der Waals surface area contributed by atoms with Crippen LogP contribution in [0.25, 0.3) is 0 Å². The van der Waals surface area contributed by atoms with Gasteiger partial charge in [0.05, 0.1) is 11.7 Å². The number of aliphatic hydroxyl groups excluding tert-OH is 1. The summed E-state index contributed by atoms with van der Waals surface area (Å²) >= 11 is 0. The molecule has 0 unspecified atom stereocenters. The maximum Gasteiger partial charge on any atom is 0.189 e. The molecule has 2 aromatic carbocycles. The third kappa shape index (κ3) is 3.65. The monoisotopic (exact) mass is 432 g/mol. The van der Waals surface area contributed by atoms with Crippen molar-refractivity contribution < 1.29 is 19.7 Å². The van der Waals surface area contributed by atoms with Crippen LogP contribution in [0.5, 0.6) is 11.5 Å². The molecule has 2 N–H and O–H groups in total. The Bertz CT molecular complexity index is 1030. The maximum atomic E-state index is 12.9. The Kier molecular flexibility index (Phi) is 5.58. The summed E-state index contributed by atoms with van der Waals surface area (Å²) < 4.78 is 5.62. The van der Waals surface area contributed by atoms with Crippen molar-refractivity contribution in [2.45, 2.75) is 57.5 Å². The van der Waals surface area contributed by atoms with Crippen LogP contribution in [0.2, 0.25) is 0 Å². The van der Waals surface area contributed by atoms with E-state index in [9.17, 15) is 15.0 Å². The second-order valence-corrected chi connectivity index (χ2v) is 10.0. The first kappa shape index (κ1) is 21.3. The Morgan fingerprint density at radius 2 is 1.97 bits per heavy atom. The molecule has 4 nitrogen and oxygen atoms in total. The molecule has 4 heteroatoms. The van der Waals surface area contributed by atoms with Crippen molar-refractivity contribution in [3.05, 3.63) is 71.3 Å². The van der Waals surface area contributed by atoms with Gasteiger partial charge in [-0.1, -0.05) is 25.1 Å². The summed E-state index contributed by atoms with van der Waals surface area (Å²) in [7, 11) is 0. The van der Waals surface area contributed by atoms with E-state index in [2.05, 4.69) is 6.92 Å². The lowest BCUT2D eigenvalue weighted by Gasteiger charge is -2.50. The highest BCUT2D eigenvalue weighted by Gasteiger charge is 2.54. The summed E-state index contributed by atoms with van der Waals surface area (Å²) in [5.74, 6) is 2.15. The van der Waals surface area contributed by atoms with Crippen LogP contribution in [-0.2, 0) is 6.42 Å². The fourth-order valence-corrected chi connectivity index (χ4v) is 6.68. The van der Waals surface area contributed by atoms with E-state index in [0.717, 1.165) is 44.3 Å². The van der Waals surface area contributed by atoms with Crippen LogP contribution in [0, 0.1) is 17.3 Å². The molecule has 2 fully saturated rings. The number of fused-ring (bicyclic) bond motifs is 5. The molecule has 32 heavy (non-hydrogen) atoms. The van der Waals surface area contributed by atoms with Gasteiger partial charge in [0.15, 0.2) is 5.78 Å². The van der Waals surface area contributed by atoms with Gasteiger partial charge in [-0.3, -0.25) is 4.79 Å². The third-order valence-corrected chi connectivity index (χ3v) is 8.42. The predicted octanol–water partition coefficient (Wildman–Crippen LogP) is 5.43. The predicted molar refractivity (Wildman–Crippen MR) is 124 cm³/mol. The van der Waals surface area contributed by atoms with Gasteiger partial charge in [0.25, 0.3) is 0 Å². The van der Waals surface area contributed by atoms with E-state index in [1.54, 1.807) is 6.08 Å². The first-order valence-corrected chi connectivity index (χ1v) is 11.9. The summed E-state index contributed by atoms with van der Waals surface area (Å²) in [6.07, 6.45) is 9.13. The van der Waals surface area contributed by atoms with Gasteiger partial charge in [-0.05, 0) is 109 Å². The lowest BCUT2D eigenvalue weighted by molar-refractivity contribution is -0.0226. The number of aromatic hydroxyl groups is 1. The molecule has 0 bridgehead atoms. The third-order valence-electron chi connectivity index (χ3n) is 8.42. The first-order valence-electron chi connectivity index (χ1n) is 11.9. The average molecular weight is 433 g/mol. The van der Waals surface area contributed by atoms with Crippen LogP contribution in [0.1, 0.15) is 66.4 Å². The molecule has 0 spiro atoms. The van der Waals surface area contributed by atoms with E-state index < -0.39 is 0 Å². The average Bonchev–Trinajstić information content (AvgIpc) is 3.11. The molecule has 5 atom stereocenters. The fourth-order valence-electron chi connectivity index (χ4n) is 6.68. The Hall–Kier alpha value is -2.59. The number of phenols is 1. The van der Waals surface area contributed by atoms with E-state index in [0.29, 0.717) is 29.9 Å². The molecule has 0 saturated heterocycles. The number of allylic oxidation sites excluding steroid dienone is 1. The highest BCUT2D eigenvalue weighted by atomic mass is 16.5. The van der Waals surface area contributed by atoms with Crippen molar-refractivity contribution in [1.82, 2.24) is 0 Å². The maximum absolute atomic E-state index is 12.9. The summed E-state index contributed by atoms with van der Waals surface area (Å²) in [4.78, 5) is 12.9. The molecule has 0 radical (unpaired) electrons. The van der Waals surface area contributed by atoms with Crippen molar-refractivity contribution >= 4 is 5.78 Å². The second kappa shape index (κ2) is 8.40. The number of carbonyl (C=O) groups is 1. The highest BCUT2D eigenvalue weighted by Crippen LogP contribution is 2.61. The van der Waals surface area contributed by atoms with Crippen LogP contribution in [0.15, 0.2) is 54.6 Å². The molecule has 3 aliphatic rings. The molecule has 2 saturated carbocycles. The van der Waals surface area contributed by atoms with Crippen molar-refractivity contribution in [3.8, 4) is 11.5 Å². The highest BCUT2D eigenvalue weighted by molar-refractivity contribution is 6.06. The van der Waals surface area contributed by atoms with Crippen LogP contribution >= 0.6 is 0 Å². The number of rotatable bonds is 5. The van der Waals surface area contributed by atoms with Gasteiger partial charge < -0.3 is 14.9 Å².